The number of alkyl halides is 3. The summed E-state index contributed by atoms with van der Waals surface area (Å²) in [6.07, 6.45) is 3.06. The third-order valence-electron chi connectivity index (χ3n) is 12.3. The highest BCUT2D eigenvalue weighted by Crippen LogP contribution is 2.54. The van der Waals surface area contributed by atoms with Crippen LogP contribution in [0.3, 0.4) is 0 Å². The van der Waals surface area contributed by atoms with Gasteiger partial charge in [0.05, 0.1) is 24.8 Å². The van der Waals surface area contributed by atoms with Gasteiger partial charge in [-0.3, -0.25) is 9.89 Å². The van der Waals surface area contributed by atoms with Gasteiger partial charge in [-0.1, -0.05) is 12.6 Å². The second kappa shape index (κ2) is 12.3. The van der Waals surface area contributed by atoms with Gasteiger partial charge < -0.3 is 29.1 Å². The fourth-order valence-corrected chi connectivity index (χ4v) is 9.40. The van der Waals surface area contributed by atoms with E-state index in [2.05, 4.69) is 51.6 Å². The summed E-state index contributed by atoms with van der Waals surface area (Å²) in [4.78, 5) is 31.0. The molecule has 0 radical (unpaired) electrons. The number of piperidine rings is 1. The molecular weight excluding hydrogens is 685 g/mol. The van der Waals surface area contributed by atoms with Crippen molar-refractivity contribution in [3.05, 3.63) is 48.2 Å². The van der Waals surface area contributed by atoms with E-state index >= 15 is 0 Å². The van der Waals surface area contributed by atoms with E-state index < -0.39 is 12.8 Å². The van der Waals surface area contributed by atoms with Crippen LogP contribution in [0.4, 0.5) is 24.9 Å². The van der Waals surface area contributed by atoms with Crippen molar-refractivity contribution in [2.24, 2.45) is 5.41 Å². The molecule has 53 heavy (non-hydrogen) atoms. The Kier molecular flexibility index (Phi) is 7.97. The predicted octanol–water partition coefficient (Wildman–Crippen LogP) is 5.82. The number of benzene rings is 2. The fourth-order valence-electron chi connectivity index (χ4n) is 9.40. The van der Waals surface area contributed by atoms with E-state index in [-0.39, 0.29) is 34.6 Å². The van der Waals surface area contributed by atoms with Gasteiger partial charge in [0.15, 0.2) is 12.4 Å². The summed E-state index contributed by atoms with van der Waals surface area (Å²) in [6, 6.07) is 6.27. The van der Waals surface area contributed by atoms with Crippen molar-refractivity contribution < 1.29 is 27.4 Å². The first kappa shape index (κ1) is 34.3. The maximum atomic E-state index is 14.1. The Morgan fingerprint density at radius 1 is 1.08 bits per heavy atom. The van der Waals surface area contributed by atoms with Crippen LogP contribution in [0, 0.1) is 12.3 Å². The van der Waals surface area contributed by atoms with Gasteiger partial charge in [-0.2, -0.15) is 23.3 Å². The quantitative estimate of drug-likeness (QED) is 0.225. The number of nitrogens with one attached hydrogen (secondary N) is 1. The largest absolute Gasteiger partial charge is 0.481 e. The van der Waals surface area contributed by atoms with Crippen molar-refractivity contribution in [1.29, 1.82) is 0 Å². The normalized spacial score (nSPS) is 22.2. The van der Waals surface area contributed by atoms with Crippen LogP contribution in [0.2, 0.25) is 0 Å². The van der Waals surface area contributed by atoms with E-state index in [4.69, 9.17) is 19.4 Å². The van der Waals surface area contributed by atoms with Crippen molar-refractivity contribution in [3.8, 4) is 16.9 Å². The van der Waals surface area contributed by atoms with Crippen LogP contribution in [0.1, 0.15) is 49.1 Å². The molecule has 14 heteroatoms. The molecule has 6 heterocycles. The van der Waals surface area contributed by atoms with Crippen molar-refractivity contribution in [2.75, 3.05) is 76.4 Å². The van der Waals surface area contributed by atoms with Crippen LogP contribution in [0.25, 0.3) is 32.9 Å². The molecule has 4 saturated heterocycles. The fraction of sp³-hybridized carbons (Fsp3) is 0.538. The summed E-state index contributed by atoms with van der Waals surface area (Å²) in [5.74, 6) is 1.42. The Labute approximate surface area is 306 Å². The zero-order valence-electron chi connectivity index (χ0n) is 30.4. The molecule has 1 N–H and O–H groups in total. The first-order chi connectivity index (χ1) is 25.4. The highest BCUT2D eigenvalue weighted by atomic mass is 19.4. The van der Waals surface area contributed by atoms with Gasteiger partial charge in [0, 0.05) is 60.6 Å². The van der Waals surface area contributed by atoms with Gasteiger partial charge in [-0.25, -0.2) is 4.98 Å². The molecule has 1 atom stereocenters. The lowest BCUT2D eigenvalue weighted by Crippen LogP contribution is -2.69. The number of aryl methyl sites for hydroxylation is 1. The minimum absolute atomic E-state index is 0.0415. The first-order valence-electron chi connectivity index (χ1n) is 18.6. The molecule has 5 fully saturated rings. The zero-order chi connectivity index (χ0) is 36.9. The number of ether oxygens (including phenoxy) is 2. The minimum Gasteiger partial charge on any atom is -0.481 e. The molecule has 11 nitrogen and oxygen atoms in total. The highest BCUT2D eigenvalue weighted by molar-refractivity contribution is 6.06. The summed E-state index contributed by atoms with van der Waals surface area (Å²) in [5, 5.41) is 8.85. The van der Waals surface area contributed by atoms with Crippen molar-refractivity contribution >= 4 is 39.5 Å². The summed E-state index contributed by atoms with van der Waals surface area (Å²) < 4.78 is 54.7. The number of aromatic nitrogens is 4. The average molecular weight is 731 g/mol. The molecule has 0 unspecified atom stereocenters. The number of amides is 1. The zero-order valence-corrected chi connectivity index (χ0v) is 30.4. The highest BCUT2D eigenvalue weighted by Gasteiger charge is 2.55. The number of hydrogen-bond acceptors (Lipinski definition) is 9. The number of anilines is 2. The Morgan fingerprint density at radius 2 is 1.83 bits per heavy atom. The standard InChI is InChI=1S/C39H45F3N8O3/c1-5-30(51)49-18-37(19-49)11-13-48(14-12-37)35-26-16-25(24-7-8-24)32(31-23(2)6-9-28-27(31)17-43-46-28)34(52-22-39(40,41)42)33(26)44-36(45-35)50-20-38(21-50)29(47(3)4)10-15-53-38/h5-6,9,16-17,24,29H,1,7-8,10-15,18-22H2,2-4H3,(H,43,46)/t29-/m1/s1. The maximum Gasteiger partial charge on any atom is 0.422 e. The second-order valence-electron chi connectivity index (χ2n) is 16.1. The Morgan fingerprint density at radius 3 is 2.51 bits per heavy atom. The topological polar surface area (TPSA) is 103 Å². The second-order valence-corrected chi connectivity index (χ2v) is 16.1. The van der Waals surface area contributed by atoms with Crippen molar-refractivity contribution in [3.63, 3.8) is 0 Å². The first-order valence-corrected chi connectivity index (χ1v) is 18.6. The molecule has 1 amide bonds. The average Bonchev–Trinajstić information content (AvgIpc) is 3.65. The lowest BCUT2D eigenvalue weighted by molar-refractivity contribution is -0.153. The smallest absolute Gasteiger partial charge is 0.422 e. The Balaban J connectivity index is 1.20. The SMILES string of the molecule is C=CC(=O)N1CC2(CCN(c3nc(N4CC5(C4)OCC[C@H]5N(C)C)nc4c(OCC(F)(F)F)c(-c5c(C)ccc6[nH]ncc56)c(C5CC5)cc34)CC2)C1. The van der Waals surface area contributed by atoms with Gasteiger partial charge in [0.25, 0.3) is 0 Å². The molecule has 1 aliphatic carbocycles. The molecule has 1 saturated carbocycles. The van der Waals surface area contributed by atoms with Gasteiger partial charge >= 0.3 is 6.18 Å². The van der Waals surface area contributed by atoms with Gasteiger partial charge in [-0.05, 0) is 93.9 Å². The number of nitrogens with zero attached hydrogens (tertiary/aromatic N) is 7. The number of rotatable bonds is 8. The van der Waals surface area contributed by atoms with Crippen LogP contribution in [0.15, 0.2) is 37.1 Å². The number of carbonyl (C=O) groups is 1. The Hall–Kier alpha value is -4.43. The summed E-state index contributed by atoms with van der Waals surface area (Å²) in [5.41, 5.74) is 4.17. The van der Waals surface area contributed by atoms with E-state index in [1.165, 1.54) is 6.08 Å². The van der Waals surface area contributed by atoms with Crippen LogP contribution >= 0.6 is 0 Å². The summed E-state index contributed by atoms with van der Waals surface area (Å²) >= 11 is 0. The number of likely N-dealkylation sites (N-methyl/N-ethyl adjacent to an activating group) is 1. The molecule has 5 aliphatic rings. The maximum absolute atomic E-state index is 14.1. The molecule has 2 spiro atoms. The van der Waals surface area contributed by atoms with Crippen molar-refractivity contribution in [2.45, 2.75) is 62.8 Å². The monoisotopic (exact) mass is 730 g/mol. The molecule has 280 valence electrons. The predicted molar refractivity (Wildman–Crippen MR) is 197 cm³/mol. The Bertz CT molecular complexity index is 2110. The van der Waals surface area contributed by atoms with Crippen LogP contribution in [-0.2, 0) is 9.53 Å². The molecule has 4 aromatic rings. The number of H-pyrrole nitrogens is 1. The molecule has 4 aliphatic heterocycles. The van der Waals surface area contributed by atoms with Crippen LogP contribution in [0.5, 0.6) is 5.75 Å². The summed E-state index contributed by atoms with van der Waals surface area (Å²) in [7, 11) is 4.13. The third-order valence-corrected chi connectivity index (χ3v) is 12.3. The van der Waals surface area contributed by atoms with E-state index in [1.54, 1.807) is 6.20 Å². The van der Waals surface area contributed by atoms with E-state index in [9.17, 15) is 18.0 Å². The van der Waals surface area contributed by atoms with E-state index in [0.29, 0.717) is 74.1 Å². The molecule has 2 aromatic carbocycles. The third kappa shape index (κ3) is 5.79. The lowest BCUT2D eigenvalue weighted by Gasteiger charge is -2.54. The van der Waals surface area contributed by atoms with Crippen LogP contribution < -0.4 is 14.5 Å². The van der Waals surface area contributed by atoms with Crippen molar-refractivity contribution in [1.82, 2.24) is 30.0 Å². The number of carbonyl (C=O) groups excluding carboxylic acids is 1. The molecular formula is C39H45F3N8O3. The molecule has 2 aromatic heterocycles. The van der Waals surface area contributed by atoms with Gasteiger partial charge in [0.1, 0.15) is 16.9 Å². The number of likely N-dealkylation sites (tertiary alicyclic amines) is 1. The van der Waals surface area contributed by atoms with E-state index in [0.717, 1.165) is 59.7 Å². The van der Waals surface area contributed by atoms with Gasteiger partial charge in [0.2, 0.25) is 11.9 Å². The number of halogens is 3. The summed E-state index contributed by atoms with van der Waals surface area (Å²) in [6.45, 7) is 8.80. The number of hydrogen-bond donors (Lipinski definition) is 1. The van der Waals surface area contributed by atoms with E-state index in [1.807, 2.05) is 24.0 Å². The molecule has 0 bridgehead atoms. The van der Waals surface area contributed by atoms with Crippen LogP contribution in [-0.4, -0.2) is 120 Å². The van der Waals surface area contributed by atoms with Gasteiger partial charge in [-0.15, -0.1) is 0 Å². The lowest BCUT2D eigenvalue weighted by atomic mass is 9.72. The minimum atomic E-state index is -4.57. The number of aromatic amines is 1. The number of fused-ring (bicyclic) bond motifs is 2. The molecule has 9 rings (SSSR count).